The minimum absolute atomic E-state index is 0.0158. The molecule has 0 bridgehead atoms. The predicted molar refractivity (Wildman–Crippen MR) is 112 cm³/mol. The quantitative estimate of drug-likeness (QED) is 0.664. The van der Waals surface area contributed by atoms with Crippen LogP contribution in [0.2, 0.25) is 0 Å². The van der Waals surface area contributed by atoms with Crippen molar-refractivity contribution in [1.29, 1.82) is 0 Å². The van der Waals surface area contributed by atoms with Crippen molar-refractivity contribution >= 4 is 23.2 Å². The van der Waals surface area contributed by atoms with Crippen LogP contribution in [0.15, 0.2) is 73.1 Å². The molecule has 0 spiro atoms. The number of carbonyl (C=O) groups is 1. The second-order valence-electron chi connectivity index (χ2n) is 7.02. The summed E-state index contributed by atoms with van der Waals surface area (Å²) in [6.07, 6.45) is 3.32. The van der Waals surface area contributed by atoms with Crippen LogP contribution in [0, 0.1) is 6.92 Å². The zero-order valence-electron chi connectivity index (χ0n) is 15.7. The van der Waals surface area contributed by atoms with E-state index in [4.69, 9.17) is 11.6 Å². The van der Waals surface area contributed by atoms with Gasteiger partial charge in [0.2, 0.25) is 5.91 Å². The van der Waals surface area contributed by atoms with Gasteiger partial charge < -0.3 is 10.2 Å². The van der Waals surface area contributed by atoms with Gasteiger partial charge in [-0.3, -0.25) is 9.78 Å². The monoisotopic (exact) mass is 391 g/mol. The molecule has 1 aliphatic rings. The molecule has 2 heterocycles. The molecule has 0 aliphatic carbocycles. The van der Waals surface area contributed by atoms with Gasteiger partial charge in [0, 0.05) is 18.7 Å². The number of benzene rings is 2. The number of hydrogen-bond donors (Lipinski definition) is 1. The maximum atomic E-state index is 12.8. The van der Waals surface area contributed by atoms with Crippen LogP contribution in [0.5, 0.6) is 0 Å². The molecular formula is C23H22ClN3O. The van der Waals surface area contributed by atoms with Crippen LogP contribution >= 0.6 is 11.6 Å². The highest BCUT2D eigenvalue weighted by molar-refractivity contribution is 6.27. The molecule has 0 radical (unpaired) electrons. The van der Waals surface area contributed by atoms with Crippen LogP contribution in [0.3, 0.4) is 0 Å². The lowest BCUT2D eigenvalue weighted by atomic mass is 9.82. The Labute approximate surface area is 170 Å². The van der Waals surface area contributed by atoms with Crippen molar-refractivity contribution in [3.63, 3.8) is 0 Å². The predicted octanol–water partition coefficient (Wildman–Crippen LogP) is 4.54. The van der Waals surface area contributed by atoms with E-state index < -0.39 is 0 Å². The third kappa shape index (κ3) is 3.48. The van der Waals surface area contributed by atoms with Gasteiger partial charge in [0.05, 0.1) is 11.9 Å². The second-order valence-corrected chi connectivity index (χ2v) is 7.29. The first kappa shape index (κ1) is 18.5. The number of amides is 1. The van der Waals surface area contributed by atoms with Crippen LogP contribution in [0.4, 0.5) is 5.69 Å². The second kappa shape index (κ2) is 8.03. The van der Waals surface area contributed by atoms with Crippen molar-refractivity contribution in [2.75, 3.05) is 11.2 Å². The first-order chi connectivity index (χ1) is 13.7. The summed E-state index contributed by atoms with van der Waals surface area (Å²) in [5, 5.41) is 3.59. The maximum Gasteiger partial charge on any atom is 0.239 e. The molecule has 5 heteroatoms. The summed E-state index contributed by atoms with van der Waals surface area (Å²) in [6, 6.07) is 20.6. The molecule has 4 nitrogen and oxygen atoms in total. The van der Waals surface area contributed by atoms with Gasteiger partial charge in [0.1, 0.15) is 12.0 Å². The number of halogens is 1. The Morgan fingerprint density at radius 2 is 1.89 bits per heavy atom. The molecule has 1 aromatic heterocycles. The van der Waals surface area contributed by atoms with Crippen LogP contribution in [-0.4, -0.2) is 27.8 Å². The molecule has 0 saturated heterocycles. The van der Waals surface area contributed by atoms with Gasteiger partial charge in [0.15, 0.2) is 0 Å². The Hall–Kier alpha value is -2.85. The fraction of sp³-hybridized carbons (Fsp3) is 0.217. The average molecular weight is 392 g/mol. The lowest BCUT2D eigenvalue weighted by Crippen LogP contribution is -2.51. The van der Waals surface area contributed by atoms with Crippen LogP contribution < -0.4 is 5.32 Å². The van der Waals surface area contributed by atoms with Gasteiger partial charge >= 0.3 is 0 Å². The third-order valence-electron chi connectivity index (χ3n) is 5.32. The average Bonchev–Trinajstić information content (AvgIpc) is 2.74. The number of nitrogens with one attached hydrogen (secondary N) is 1. The van der Waals surface area contributed by atoms with Crippen LogP contribution in [0.25, 0.3) is 0 Å². The Balaban J connectivity index is 1.85. The van der Waals surface area contributed by atoms with E-state index >= 15 is 0 Å². The van der Waals surface area contributed by atoms with Gasteiger partial charge in [-0.05, 0) is 35.2 Å². The number of hydrogen-bond acceptors (Lipinski definition) is 3. The fourth-order valence-corrected chi connectivity index (χ4v) is 4.04. The van der Waals surface area contributed by atoms with E-state index in [-0.39, 0.29) is 23.9 Å². The number of rotatable bonds is 4. The molecule has 1 N–H and O–H groups in total. The van der Waals surface area contributed by atoms with E-state index in [2.05, 4.69) is 40.6 Å². The minimum Gasteiger partial charge on any atom is -0.363 e. The fourth-order valence-electron chi connectivity index (χ4n) is 3.89. The van der Waals surface area contributed by atoms with E-state index in [1.807, 2.05) is 42.2 Å². The van der Waals surface area contributed by atoms with Crippen molar-refractivity contribution in [3.05, 3.63) is 95.3 Å². The van der Waals surface area contributed by atoms with Gasteiger partial charge in [-0.1, -0.05) is 54.6 Å². The summed E-state index contributed by atoms with van der Waals surface area (Å²) in [5.74, 6) is -0.150. The van der Waals surface area contributed by atoms with Gasteiger partial charge in [-0.15, -0.1) is 11.6 Å². The molecule has 3 aromatic rings. The van der Waals surface area contributed by atoms with Crippen molar-refractivity contribution in [2.45, 2.75) is 25.6 Å². The third-order valence-corrected chi connectivity index (χ3v) is 5.55. The Morgan fingerprint density at radius 3 is 2.64 bits per heavy atom. The van der Waals surface area contributed by atoms with E-state index in [0.29, 0.717) is 6.54 Å². The zero-order chi connectivity index (χ0) is 19.5. The molecule has 0 fully saturated rings. The number of nitrogens with zero attached hydrogens (tertiary/aromatic N) is 2. The van der Waals surface area contributed by atoms with Crippen molar-refractivity contribution in [2.24, 2.45) is 0 Å². The molecule has 0 saturated carbocycles. The first-order valence-corrected chi connectivity index (χ1v) is 9.88. The number of alkyl halides is 1. The Kier molecular flexibility index (Phi) is 5.31. The molecule has 28 heavy (non-hydrogen) atoms. The summed E-state index contributed by atoms with van der Waals surface area (Å²) < 4.78 is 0. The SMILES string of the molecule is Cc1ccncc1NC1C(c2ccccc2)c2ccccc2CN1C(=O)CCl. The molecule has 1 aliphatic heterocycles. The van der Waals surface area contributed by atoms with E-state index in [9.17, 15) is 4.79 Å². The smallest absolute Gasteiger partial charge is 0.239 e. The molecule has 142 valence electrons. The lowest BCUT2D eigenvalue weighted by molar-refractivity contribution is -0.131. The van der Waals surface area contributed by atoms with Crippen molar-refractivity contribution in [3.8, 4) is 0 Å². The lowest BCUT2D eigenvalue weighted by Gasteiger charge is -2.43. The number of pyridine rings is 1. The molecule has 2 unspecified atom stereocenters. The highest BCUT2D eigenvalue weighted by atomic mass is 35.5. The summed E-state index contributed by atoms with van der Waals surface area (Å²) in [6.45, 7) is 2.56. The number of carbonyl (C=O) groups excluding carboxylic acids is 1. The van der Waals surface area contributed by atoms with E-state index in [1.54, 1.807) is 12.4 Å². The number of aryl methyl sites for hydroxylation is 1. The highest BCUT2D eigenvalue weighted by Gasteiger charge is 2.38. The van der Waals surface area contributed by atoms with Crippen molar-refractivity contribution in [1.82, 2.24) is 9.88 Å². The molecule has 2 atom stereocenters. The maximum absolute atomic E-state index is 12.8. The molecule has 2 aromatic carbocycles. The zero-order valence-corrected chi connectivity index (χ0v) is 16.4. The molecular weight excluding hydrogens is 370 g/mol. The number of aromatic nitrogens is 1. The van der Waals surface area contributed by atoms with E-state index in [1.165, 1.54) is 5.56 Å². The summed E-state index contributed by atoms with van der Waals surface area (Å²) in [4.78, 5) is 18.9. The normalized spacial score (nSPS) is 18.4. The Bertz CT molecular complexity index is 976. The number of anilines is 1. The van der Waals surface area contributed by atoms with Gasteiger partial charge in [0.25, 0.3) is 0 Å². The molecule has 1 amide bonds. The largest absolute Gasteiger partial charge is 0.363 e. The summed E-state index contributed by atoms with van der Waals surface area (Å²) >= 11 is 5.97. The van der Waals surface area contributed by atoms with Gasteiger partial charge in [-0.2, -0.15) is 0 Å². The van der Waals surface area contributed by atoms with Crippen molar-refractivity contribution < 1.29 is 4.79 Å². The Morgan fingerprint density at radius 1 is 1.14 bits per heavy atom. The topological polar surface area (TPSA) is 45.2 Å². The van der Waals surface area contributed by atoms with Crippen LogP contribution in [-0.2, 0) is 11.3 Å². The number of fused-ring (bicyclic) bond motifs is 1. The molecule has 4 rings (SSSR count). The van der Waals surface area contributed by atoms with Gasteiger partial charge in [-0.25, -0.2) is 0 Å². The minimum atomic E-state index is -0.258. The first-order valence-electron chi connectivity index (χ1n) is 9.34. The standard InChI is InChI=1S/C23H22ClN3O/c1-16-11-12-25-14-20(16)26-23-22(17-7-3-2-4-8-17)19-10-6-5-9-18(19)15-27(23)21(28)13-24/h2-12,14,22-23,26H,13,15H2,1H3. The van der Waals surface area contributed by atoms with Crippen LogP contribution in [0.1, 0.15) is 28.2 Å². The highest BCUT2D eigenvalue weighted by Crippen LogP contribution is 2.39. The summed E-state index contributed by atoms with van der Waals surface area (Å²) in [7, 11) is 0. The summed E-state index contributed by atoms with van der Waals surface area (Å²) in [5.41, 5.74) is 5.53. The van der Waals surface area contributed by atoms with E-state index in [0.717, 1.165) is 22.4 Å².